The lowest BCUT2D eigenvalue weighted by molar-refractivity contribution is 0.409. The van der Waals surface area contributed by atoms with Crippen molar-refractivity contribution in [3.05, 3.63) is 28.5 Å². The Labute approximate surface area is 93.2 Å². The van der Waals surface area contributed by atoms with Crippen LogP contribution in [0.25, 0.3) is 0 Å². The summed E-state index contributed by atoms with van der Waals surface area (Å²) >= 11 is 5.80. The summed E-state index contributed by atoms with van der Waals surface area (Å²) in [6.45, 7) is 3.35. The summed E-state index contributed by atoms with van der Waals surface area (Å²) in [5, 5.41) is 8.93. The zero-order chi connectivity index (χ0) is 11.6. The molecule has 1 rings (SSSR count). The van der Waals surface area contributed by atoms with E-state index in [1.807, 2.05) is 0 Å². The maximum atomic E-state index is 13.4. The highest BCUT2D eigenvalue weighted by Crippen LogP contribution is 2.34. The van der Waals surface area contributed by atoms with Crippen molar-refractivity contribution in [3.63, 3.8) is 0 Å². The summed E-state index contributed by atoms with van der Waals surface area (Å²) in [4.78, 5) is 0. The van der Waals surface area contributed by atoms with E-state index >= 15 is 0 Å². The van der Waals surface area contributed by atoms with E-state index in [1.165, 1.54) is 13.2 Å². The molecule has 0 saturated heterocycles. The maximum absolute atomic E-state index is 13.4. The van der Waals surface area contributed by atoms with Crippen LogP contribution in [0.5, 0.6) is 5.75 Å². The van der Waals surface area contributed by atoms with E-state index in [1.54, 1.807) is 19.9 Å². The van der Waals surface area contributed by atoms with E-state index in [4.69, 9.17) is 21.6 Å². The van der Waals surface area contributed by atoms with Gasteiger partial charge in [-0.1, -0.05) is 11.6 Å². The van der Waals surface area contributed by atoms with Gasteiger partial charge in [0.05, 0.1) is 23.6 Å². The standard InChI is InChI=1S/C11H11ClFNO/c1-11(2,6-14)8-4-7(15-3)5-9(13)10(8)12/h4-5H,1-3H3. The topological polar surface area (TPSA) is 33.0 Å². The van der Waals surface area contributed by atoms with Crippen LogP contribution in [-0.4, -0.2) is 7.11 Å². The van der Waals surface area contributed by atoms with Gasteiger partial charge in [0.25, 0.3) is 0 Å². The normalized spacial score (nSPS) is 10.9. The SMILES string of the molecule is COc1cc(F)c(Cl)c(C(C)(C)C#N)c1. The van der Waals surface area contributed by atoms with Crippen LogP contribution in [0.15, 0.2) is 12.1 Å². The average molecular weight is 228 g/mol. The molecular formula is C11H11ClFNO. The van der Waals surface area contributed by atoms with E-state index in [-0.39, 0.29) is 5.02 Å². The number of methoxy groups -OCH3 is 1. The van der Waals surface area contributed by atoms with Gasteiger partial charge in [0.1, 0.15) is 11.6 Å². The zero-order valence-corrected chi connectivity index (χ0v) is 9.52. The third-order valence-electron chi connectivity index (χ3n) is 2.19. The van der Waals surface area contributed by atoms with Gasteiger partial charge in [-0.05, 0) is 25.5 Å². The van der Waals surface area contributed by atoms with Crippen LogP contribution in [0.2, 0.25) is 5.02 Å². The lowest BCUT2D eigenvalue weighted by atomic mass is 9.86. The fraction of sp³-hybridized carbons (Fsp3) is 0.364. The average Bonchev–Trinajstić information content (AvgIpc) is 2.21. The van der Waals surface area contributed by atoms with E-state index in [2.05, 4.69) is 6.07 Å². The van der Waals surface area contributed by atoms with Crippen molar-refractivity contribution in [2.24, 2.45) is 0 Å². The van der Waals surface area contributed by atoms with Crippen molar-refractivity contribution in [3.8, 4) is 11.8 Å². The van der Waals surface area contributed by atoms with Gasteiger partial charge in [-0.2, -0.15) is 5.26 Å². The molecule has 0 spiro atoms. The molecule has 0 aliphatic rings. The molecule has 0 aliphatic heterocycles. The first kappa shape index (κ1) is 11.8. The lowest BCUT2D eigenvalue weighted by Crippen LogP contribution is -2.15. The Morgan fingerprint density at radius 3 is 2.53 bits per heavy atom. The quantitative estimate of drug-likeness (QED) is 0.777. The summed E-state index contributed by atoms with van der Waals surface area (Å²) in [6.07, 6.45) is 0. The van der Waals surface area contributed by atoms with Gasteiger partial charge in [-0.25, -0.2) is 4.39 Å². The summed E-state index contributed by atoms with van der Waals surface area (Å²) in [7, 11) is 1.44. The van der Waals surface area contributed by atoms with Gasteiger partial charge in [-0.15, -0.1) is 0 Å². The van der Waals surface area contributed by atoms with Gasteiger partial charge in [0.15, 0.2) is 0 Å². The third kappa shape index (κ3) is 2.21. The van der Waals surface area contributed by atoms with Crippen LogP contribution in [0.4, 0.5) is 4.39 Å². The zero-order valence-electron chi connectivity index (χ0n) is 8.77. The van der Waals surface area contributed by atoms with E-state index in [0.29, 0.717) is 11.3 Å². The smallest absolute Gasteiger partial charge is 0.145 e. The predicted octanol–water partition coefficient (Wildman–Crippen LogP) is 3.29. The molecule has 0 saturated carbocycles. The van der Waals surface area contributed by atoms with Gasteiger partial charge in [-0.3, -0.25) is 0 Å². The van der Waals surface area contributed by atoms with Crippen LogP contribution in [0, 0.1) is 17.1 Å². The van der Waals surface area contributed by atoms with Crippen molar-refractivity contribution in [1.29, 1.82) is 5.26 Å². The monoisotopic (exact) mass is 227 g/mol. The molecule has 0 aliphatic carbocycles. The first-order valence-electron chi connectivity index (χ1n) is 4.37. The van der Waals surface area contributed by atoms with Crippen molar-refractivity contribution < 1.29 is 9.13 Å². The number of halogens is 2. The van der Waals surface area contributed by atoms with Gasteiger partial charge < -0.3 is 4.74 Å². The molecule has 0 unspecified atom stereocenters. The first-order valence-corrected chi connectivity index (χ1v) is 4.75. The molecule has 0 N–H and O–H groups in total. The van der Waals surface area contributed by atoms with Crippen molar-refractivity contribution in [2.75, 3.05) is 7.11 Å². The maximum Gasteiger partial charge on any atom is 0.145 e. The molecule has 0 fully saturated rings. The fourth-order valence-corrected chi connectivity index (χ4v) is 1.54. The second-order valence-electron chi connectivity index (χ2n) is 3.71. The Morgan fingerprint density at radius 1 is 1.47 bits per heavy atom. The molecule has 0 atom stereocenters. The summed E-state index contributed by atoms with van der Waals surface area (Å²) in [6, 6.07) is 4.84. The molecule has 0 radical (unpaired) electrons. The highest BCUT2D eigenvalue weighted by molar-refractivity contribution is 6.31. The number of hydrogen-bond donors (Lipinski definition) is 0. The summed E-state index contributed by atoms with van der Waals surface area (Å²) in [5.74, 6) is -0.218. The van der Waals surface area contributed by atoms with E-state index < -0.39 is 11.2 Å². The Balaban J connectivity index is 3.42. The number of benzene rings is 1. The second kappa shape index (κ2) is 4.08. The van der Waals surface area contributed by atoms with Crippen molar-refractivity contribution >= 4 is 11.6 Å². The predicted molar refractivity (Wildman–Crippen MR) is 56.6 cm³/mol. The molecule has 0 heterocycles. The number of hydrogen-bond acceptors (Lipinski definition) is 2. The summed E-state index contributed by atoms with van der Waals surface area (Å²) in [5.41, 5.74) is -0.407. The van der Waals surface area contributed by atoms with Gasteiger partial charge in [0.2, 0.25) is 0 Å². The number of nitrogens with zero attached hydrogens (tertiary/aromatic N) is 1. The highest BCUT2D eigenvalue weighted by atomic mass is 35.5. The molecule has 2 nitrogen and oxygen atoms in total. The number of ether oxygens (including phenoxy) is 1. The molecule has 0 aromatic heterocycles. The fourth-order valence-electron chi connectivity index (χ4n) is 1.20. The molecule has 15 heavy (non-hydrogen) atoms. The molecule has 4 heteroatoms. The van der Waals surface area contributed by atoms with Crippen molar-refractivity contribution in [2.45, 2.75) is 19.3 Å². The van der Waals surface area contributed by atoms with E-state index in [9.17, 15) is 4.39 Å². The Morgan fingerprint density at radius 2 is 2.07 bits per heavy atom. The molecule has 0 bridgehead atoms. The Kier molecular flexibility index (Phi) is 3.21. The molecular weight excluding hydrogens is 217 g/mol. The van der Waals surface area contributed by atoms with E-state index in [0.717, 1.165) is 0 Å². The molecule has 1 aromatic rings. The Hall–Kier alpha value is -1.27. The second-order valence-corrected chi connectivity index (χ2v) is 4.09. The molecule has 1 aromatic carbocycles. The molecule has 80 valence electrons. The minimum atomic E-state index is -0.841. The largest absolute Gasteiger partial charge is 0.497 e. The minimum absolute atomic E-state index is 0.0256. The number of rotatable bonds is 2. The highest BCUT2D eigenvalue weighted by Gasteiger charge is 2.25. The van der Waals surface area contributed by atoms with Crippen LogP contribution in [0.3, 0.4) is 0 Å². The molecule has 0 amide bonds. The minimum Gasteiger partial charge on any atom is -0.497 e. The van der Waals surface area contributed by atoms with Crippen LogP contribution in [-0.2, 0) is 5.41 Å². The van der Waals surface area contributed by atoms with Crippen LogP contribution < -0.4 is 4.74 Å². The van der Waals surface area contributed by atoms with Gasteiger partial charge in [0, 0.05) is 6.07 Å². The first-order chi connectivity index (χ1) is 6.92. The number of nitriles is 1. The Bertz CT molecular complexity index is 423. The van der Waals surface area contributed by atoms with Crippen molar-refractivity contribution in [1.82, 2.24) is 0 Å². The lowest BCUT2D eigenvalue weighted by Gasteiger charge is -2.18. The van der Waals surface area contributed by atoms with Crippen LogP contribution >= 0.6 is 11.6 Å². The van der Waals surface area contributed by atoms with Crippen LogP contribution in [0.1, 0.15) is 19.4 Å². The van der Waals surface area contributed by atoms with Gasteiger partial charge >= 0.3 is 0 Å². The summed E-state index contributed by atoms with van der Waals surface area (Å²) < 4.78 is 18.3. The third-order valence-corrected chi connectivity index (χ3v) is 2.57.